The molecule has 0 aromatic rings. The van der Waals surface area contributed by atoms with Crippen LogP contribution >= 0.6 is 0 Å². The first-order valence-electron chi connectivity index (χ1n) is 7.85. The van der Waals surface area contributed by atoms with Crippen LogP contribution in [-0.4, -0.2) is 77.2 Å². The van der Waals surface area contributed by atoms with Gasteiger partial charge < -0.3 is 25.0 Å². The van der Waals surface area contributed by atoms with Gasteiger partial charge in [-0.05, 0) is 27.3 Å². The van der Waals surface area contributed by atoms with Crippen molar-refractivity contribution in [2.75, 3.05) is 32.7 Å². The molecule has 1 aliphatic heterocycles. The first kappa shape index (κ1) is 19.2. The molecule has 2 amide bonds. The number of carbonyl (C=O) groups is 3. The Morgan fingerprint density at radius 2 is 1.74 bits per heavy atom. The Labute approximate surface area is 136 Å². The number of likely N-dealkylation sites (N-methyl/N-ethyl adjacent to an activating group) is 1. The second-order valence-corrected chi connectivity index (χ2v) is 6.56. The van der Waals surface area contributed by atoms with Gasteiger partial charge in [0.1, 0.15) is 11.6 Å². The minimum absolute atomic E-state index is 0.274. The Bertz CT molecular complexity index is 439. The average molecular weight is 329 g/mol. The zero-order valence-corrected chi connectivity index (χ0v) is 14.3. The third-order valence-corrected chi connectivity index (χ3v) is 3.54. The minimum atomic E-state index is -1.29. The van der Waals surface area contributed by atoms with Crippen molar-refractivity contribution in [1.29, 1.82) is 0 Å². The highest BCUT2D eigenvalue weighted by molar-refractivity contribution is 5.87. The summed E-state index contributed by atoms with van der Waals surface area (Å²) in [6, 6.07) is -1.29. The number of ether oxygens (including phenoxy) is 1. The van der Waals surface area contributed by atoms with E-state index < -0.39 is 23.7 Å². The van der Waals surface area contributed by atoms with Gasteiger partial charge in [0.25, 0.3) is 0 Å². The van der Waals surface area contributed by atoms with Gasteiger partial charge >= 0.3 is 12.1 Å². The van der Waals surface area contributed by atoms with E-state index in [4.69, 9.17) is 4.74 Å². The van der Waals surface area contributed by atoms with Crippen LogP contribution in [0.5, 0.6) is 0 Å². The predicted octanol–water partition coefficient (Wildman–Crippen LogP) is 0.519. The minimum Gasteiger partial charge on any atom is -0.480 e. The molecule has 0 aromatic carbocycles. The van der Waals surface area contributed by atoms with E-state index in [9.17, 15) is 19.5 Å². The molecule has 2 N–H and O–H groups in total. The maximum atomic E-state index is 12.2. The molecule has 132 valence electrons. The molecule has 1 rings (SSSR count). The van der Waals surface area contributed by atoms with Crippen LogP contribution in [0.1, 0.15) is 34.1 Å². The second kappa shape index (κ2) is 8.14. The molecular weight excluding hydrogens is 302 g/mol. The monoisotopic (exact) mass is 329 g/mol. The maximum Gasteiger partial charge on any atom is 0.408 e. The highest BCUT2D eigenvalue weighted by Crippen LogP contribution is 2.09. The Balaban J connectivity index is 2.54. The van der Waals surface area contributed by atoms with Crippen molar-refractivity contribution >= 4 is 18.0 Å². The van der Waals surface area contributed by atoms with Crippen molar-refractivity contribution in [3.63, 3.8) is 0 Å². The Morgan fingerprint density at radius 3 is 2.17 bits per heavy atom. The van der Waals surface area contributed by atoms with Gasteiger partial charge in [-0.15, -0.1) is 0 Å². The molecule has 1 heterocycles. The van der Waals surface area contributed by atoms with Gasteiger partial charge in [-0.2, -0.15) is 0 Å². The SMILES string of the molecule is CCN1CCN(C(=O)CC(NC(=O)OC(C)(C)C)C(=O)O)CC1. The van der Waals surface area contributed by atoms with Crippen LogP contribution in [0.3, 0.4) is 0 Å². The molecule has 8 heteroatoms. The summed E-state index contributed by atoms with van der Waals surface area (Å²) in [4.78, 5) is 39.0. The fourth-order valence-corrected chi connectivity index (χ4v) is 2.27. The summed E-state index contributed by atoms with van der Waals surface area (Å²) >= 11 is 0. The largest absolute Gasteiger partial charge is 0.480 e. The van der Waals surface area contributed by atoms with Gasteiger partial charge in [-0.1, -0.05) is 6.92 Å². The summed E-state index contributed by atoms with van der Waals surface area (Å²) in [7, 11) is 0. The van der Waals surface area contributed by atoms with Crippen molar-refractivity contribution in [2.24, 2.45) is 0 Å². The van der Waals surface area contributed by atoms with Crippen molar-refractivity contribution in [3.8, 4) is 0 Å². The van der Waals surface area contributed by atoms with Gasteiger partial charge in [-0.25, -0.2) is 9.59 Å². The number of hydrogen-bond acceptors (Lipinski definition) is 5. The number of rotatable bonds is 5. The van der Waals surface area contributed by atoms with Crippen molar-refractivity contribution in [2.45, 2.75) is 45.8 Å². The van der Waals surface area contributed by atoms with E-state index in [1.54, 1.807) is 25.7 Å². The lowest BCUT2D eigenvalue weighted by Gasteiger charge is -2.34. The van der Waals surface area contributed by atoms with E-state index in [0.29, 0.717) is 13.1 Å². The number of alkyl carbamates (subject to hydrolysis) is 1. The average Bonchev–Trinajstić information content (AvgIpc) is 2.44. The standard InChI is InChI=1S/C15H27N3O5/c1-5-17-6-8-18(9-7-17)12(19)10-11(13(20)21)16-14(22)23-15(2,3)4/h11H,5-10H2,1-4H3,(H,16,22)(H,20,21). The molecule has 23 heavy (non-hydrogen) atoms. The van der Waals surface area contributed by atoms with E-state index >= 15 is 0 Å². The first-order chi connectivity index (χ1) is 10.6. The molecule has 0 spiro atoms. The summed E-state index contributed by atoms with van der Waals surface area (Å²) in [5, 5.41) is 11.4. The molecule has 0 bridgehead atoms. The summed E-state index contributed by atoms with van der Waals surface area (Å²) < 4.78 is 5.03. The van der Waals surface area contributed by atoms with Crippen LogP contribution < -0.4 is 5.32 Å². The number of piperazine rings is 1. The number of hydrogen-bond donors (Lipinski definition) is 2. The lowest BCUT2D eigenvalue weighted by molar-refractivity contribution is -0.144. The predicted molar refractivity (Wildman–Crippen MR) is 84.1 cm³/mol. The van der Waals surface area contributed by atoms with Crippen LogP contribution in [0.25, 0.3) is 0 Å². The van der Waals surface area contributed by atoms with Gasteiger partial charge in [0, 0.05) is 26.2 Å². The lowest BCUT2D eigenvalue weighted by Crippen LogP contribution is -2.51. The van der Waals surface area contributed by atoms with E-state index in [2.05, 4.69) is 17.1 Å². The Kier molecular flexibility index (Phi) is 6.80. The van der Waals surface area contributed by atoms with Crippen LogP contribution in [0, 0.1) is 0 Å². The van der Waals surface area contributed by atoms with Crippen LogP contribution in [-0.2, 0) is 14.3 Å². The zero-order chi connectivity index (χ0) is 17.6. The molecule has 0 saturated carbocycles. The van der Waals surface area contributed by atoms with Crippen LogP contribution in [0.15, 0.2) is 0 Å². The zero-order valence-electron chi connectivity index (χ0n) is 14.3. The highest BCUT2D eigenvalue weighted by atomic mass is 16.6. The molecule has 8 nitrogen and oxygen atoms in total. The van der Waals surface area contributed by atoms with Gasteiger partial charge in [0.05, 0.1) is 6.42 Å². The first-order valence-corrected chi connectivity index (χ1v) is 7.85. The topological polar surface area (TPSA) is 99.2 Å². The highest BCUT2D eigenvalue weighted by Gasteiger charge is 2.29. The van der Waals surface area contributed by atoms with Gasteiger partial charge in [0.2, 0.25) is 5.91 Å². The van der Waals surface area contributed by atoms with Gasteiger partial charge in [-0.3, -0.25) is 4.79 Å². The summed E-state index contributed by atoms with van der Waals surface area (Å²) in [6.45, 7) is 10.7. The molecule has 1 unspecified atom stereocenters. The van der Waals surface area contributed by atoms with Crippen LogP contribution in [0.2, 0.25) is 0 Å². The number of carbonyl (C=O) groups excluding carboxylic acids is 2. The third-order valence-electron chi connectivity index (χ3n) is 3.54. The summed E-state index contributed by atoms with van der Waals surface area (Å²) in [6.07, 6.45) is -1.12. The van der Waals surface area contributed by atoms with Crippen molar-refractivity contribution in [3.05, 3.63) is 0 Å². The molecule has 0 radical (unpaired) electrons. The number of carboxylic acid groups (broad SMARTS) is 1. The molecular formula is C15H27N3O5. The lowest BCUT2D eigenvalue weighted by atomic mass is 10.1. The number of carboxylic acids is 1. The smallest absolute Gasteiger partial charge is 0.408 e. The van der Waals surface area contributed by atoms with E-state index in [1.165, 1.54) is 0 Å². The van der Waals surface area contributed by atoms with Crippen molar-refractivity contribution < 1.29 is 24.2 Å². The molecule has 1 aliphatic rings. The fourth-order valence-electron chi connectivity index (χ4n) is 2.27. The molecule has 1 fully saturated rings. The second-order valence-electron chi connectivity index (χ2n) is 6.56. The fraction of sp³-hybridized carbons (Fsp3) is 0.800. The summed E-state index contributed by atoms with van der Waals surface area (Å²) in [5.41, 5.74) is -0.729. The number of nitrogens with one attached hydrogen (secondary N) is 1. The van der Waals surface area contributed by atoms with Gasteiger partial charge in [0.15, 0.2) is 0 Å². The molecule has 1 saturated heterocycles. The van der Waals surface area contributed by atoms with E-state index in [-0.39, 0.29) is 12.3 Å². The Hall–Kier alpha value is -1.83. The Morgan fingerprint density at radius 1 is 1.17 bits per heavy atom. The number of amides is 2. The number of nitrogens with zero attached hydrogens (tertiary/aromatic N) is 2. The summed E-state index contributed by atoms with van der Waals surface area (Å²) in [5.74, 6) is -1.53. The van der Waals surface area contributed by atoms with E-state index in [1.807, 2.05) is 0 Å². The molecule has 1 atom stereocenters. The molecule has 0 aliphatic carbocycles. The van der Waals surface area contributed by atoms with Crippen molar-refractivity contribution in [1.82, 2.24) is 15.1 Å². The third kappa shape index (κ3) is 6.85. The normalized spacial score (nSPS) is 17.5. The van der Waals surface area contributed by atoms with E-state index in [0.717, 1.165) is 19.6 Å². The van der Waals surface area contributed by atoms with Crippen LogP contribution in [0.4, 0.5) is 4.79 Å². The quantitative estimate of drug-likeness (QED) is 0.763. The maximum absolute atomic E-state index is 12.2. The molecule has 0 aromatic heterocycles. The number of aliphatic carboxylic acids is 1.